The number of hydrazone groups is 1. The molecule has 1 amide bonds. The molecule has 1 saturated heterocycles. The highest BCUT2D eigenvalue weighted by Gasteiger charge is 2.26. The van der Waals surface area contributed by atoms with Crippen LogP contribution in [-0.2, 0) is 4.79 Å². The summed E-state index contributed by atoms with van der Waals surface area (Å²) in [4.78, 5) is 12.6. The monoisotopic (exact) mass is 171 g/mol. The number of amides is 1. The number of rotatable bonds is 2. The first kappa shape index (κ1) is 8.13. The third kappa shape index (κ3) is 1.54. The lowest BCUT2D eigenvalue weighted by Gasteiger charge is -2.11. The van der Waals surface area contributed by atoms with Gasteiger partial charge in [-0.2, -0.15) is 5.10 Å². The van der Waals surface area contributed by atoms with Crippen molar-refractivity contribution < 1.29 is 4.79 Å². The van der Waals surface area contributed by atoms with E-state index in [1.54, 1.807) is 6.08 Å². The molecule has 1 aliphatic rings. The van der Waals surface area contributed by atoms with E-state index in [2.05, 4.69) is 11.7 Å². The molecule has 5 heteroatoms. The molecule has 0 aromatic rings. The van der Waals surface area contributed by atoms with Gasteiger partial charge in [-0.05, 0) is 0 Å². The van der Waals surface area contributed by atoms with Crippen molar-refractivity contribution in [3.63, 3.8) is 0 Å². The number of thioether (sulfide) groups is 1. The number of carbonyl (C=O) groups is 1. The van der Waals surface area contributed by atoms with Crippen LogP contribution in [0.15, 0.2) is 17.8 Å². The third-order valence-electron chi connectivity index (χ3n) is 1.28. The Kier molecular flexibility index (Phi) is 2.53. The van der Waals surface area contributed by atoms with E-state index in [0.29, 0.717) is 17.5 Å². The zero-order chi connectivity index (χ0) is 8.27. The van der Waals surface area contributed by atoms with E-state index in [4.69, 9.17) is 5.84 Å². The van der Waals surface area contributed by atoms with Crippen LogP contribution >= 0.6 is 11.8 Å². The van der Waals surface area contributed by atoms with E-state index in [1.165, 1.54) is 16.7 Å². The van der Waals surface area contributed by atoms with Crippen molar-refractivity contribution in [2.75, 3.05) is 12.3 Å². The lowest BCUT2D eigenvalue weighted by atomic mass is 10.5. The zero-order valence-electron chi connectivity index (χ0n) is 5.99. The molecule has 0 saturated carbocycles. The summed E-state index contributed by atoms with van der Waals surface area (Å²) in [5.74, 6) is 5.53. The minimum Gasteiger partial charge on any atom is -0.321 e. The van der Waals surface area contributed by atoms with Crippen molar-refractivity contribution in [1.82, 2.24) is 4.90 Å². The predicted molar refractivity (Wildman–Crippen MR) is 46.0 cm³/mol. The van der Waals surface area contributed by atoms with Gasteiger partial charge < -0.3 is 5.84 Å². The predicted octanol–water partition coefficient (Wildman–Crippen LogP) is -0.0225. The number of hydrogen-bond acceptors (Lipinski definition) is 4. The van der Waals surface area contributed by atoms with Gasteiger partial charge in [0.15, 0.2) is 5.17 Å². The summed E-state index contributed by atoms with van der Waals surface area (Å²) in [6.45, 7) is 4.02. The molecule has 11 heavy (non-hydrogen) atoms. The summed E-state index contributed by atoms with van der Waals surface area (Å²) in [6, 6.07) is 0. The highest BCUT2D eigenvalue weighted by atomic mass is 32.2. The molecule has 1 rings (SSSR count). The topological polar surface area (TPSA) is 58.7 Å². The molecule has 1 heterocycles. The van der Waals surface area contributed by atoms with Crippen molar-refractivity contribution >= 4 is 22.8 Å². The molecule has 0 aromatic carbocycles. The molecule has 0 aliphatic carbocycles. The van der Waals surface area contributed by atoms with Gasteiger partial charge in [-0.15, -0.1) is 6.58 Å². The van der Waals surface area contributed by atoms with Gasteiger partial charge in [0.05, 0.1) is 5.75 Å². The lowest BCUT2D eigenvalue weighted by molar-refractivity contribution is -0.123. The highest BCUT2D eigenvalue weighted by molar-refractivity contribution is 8.15. The zero-order valence-corrected chi connectivity index (χ0v) is 6.80. The smallest absolute Gasteiger partial charge is 0.239 e. The molecule has 2 N–H and O–H groups in total. The van der Waals surface area contributed by atoms with Gasteiger partial charge in [-0.1, -0.05) is 17.8 Å². The molecule has 0 bridgehead atoms. The summed E-state index contributed by atoms with van der Waals surface area (Å²) in [5.41, 5.74) is 0. The number of carbonyl (C=O) groups excluding carboxylic acids is 1. The molecule has 0 unspecified atom stereocenters. The Morgan fingerprint density at radius 1 is 1.91 bits per heavy atom. The van der Waals surface area contributed by atoms with E-state index < -0.39 is 0 Å². The normalized spacial score (nSPS) is 21.3. The average molecular weight is 171 g/mol. The van der Waals surface area contributed by atoms with Gasteiger partial charge in [0.2, 0.25) is 5.91 Å². The highest BCUT2D eigenvalue weighted by Crippen LogP contribution is 2.17. The Morgan fingerprint density at radius 2 is 2.64 bits per heavy atom. The van der Waals surface area contributed by atoms with E-state index in [0.717, 1.165) is 0 Å². The van der Waals surface area contributed by atoms with Crippen LogP contribution < -0.4 is 5.84 Å². The molecule has 60 valence electrons. The maximum atomic E-state index is 11.1. The summed E-state index contributed by atoms with van der Waals surface area (Å²) >= 11 is 1.35. The maximum absolute atomic E-state index is 11.1. The number of nitrogens with zero attached hydrogens (tertiary/aromatic N) is 2. The van der Waals surface area contributed by atoms with E-state index in [1.807, 2.05) is 0 Å². The lowest BCUT2D eigenvalue weighted by Crippen LogP contribution is -2.30. The van der Waals surface area contributed by atoms with E-state index >= 15 is 0 Å². The summed E-state index contributed by atoms with van der Waals surface area (Å²) in [5, 5.41) is 4.05. The Balaban J connectivity index is 2.71. The van der Waals surface area contributed by atoms with Crippen molar-refractivity contribution in [2.24, 2.45) is 10.9 Å². The van der Waals surface area contributed by atoms with Crippen LogP contribution in [0, 0.1) is 0 Å². The SMILES string of the molecule is C=CCN1C(=O)CSC1=NN. The van der Waals surface area contributed by atoms with E-state index in [-0.39, 0.29) is 5.91 Å². The quantitative estimate of drug-likeness (QED) is 0.361. The first-order valence-corrected chi connectivity index (χ1v) is 4.10. The first-order chi connectivity index (χ1) is 5.29. The second-order valence-corrected chi connectivity index (χ2v) is 2.94. The van der Waals surface area contributed by atoms with Crippen molar-refractivity contribution in [3.8, 4) is 0 Å². The van der Waals surface area contributed by atoms with Gasteiger partial charge in [0.1, 0.15) is 0 Å². The fourth-order valence-electron chi connectivity index (χ4n) is 0.805. The third-order valence-corrected chi connectivity index (χ3v) is 2.25. The fourth-order valence-corrected chi connectivity index (χ4v) is 1.62. The van der Waals surface area contributed by atoms with Gasteiger partial charge in [0, 0.05) is 6.54 Å². The van der Waals surface area contributed by atoms with Crippen molar-refractivity contribution in [2.45, 2.75) is 0 Å². The Bertz CT molecular complexity index is 214. The molecule has 0 spiro atoms. The molecule has 1 fully saturated rings. The fraction of sp³-hybridized carbons (Fsp3) is 0.333. The van der Waals surface area contributed by atoms with Crippen LogP contribution in [0.25, 0.3) is 0 Å². The van der Waals surface area contributed by atoms with Crippen LogP contribution in [0.2, 0.25) is 0 Å². The summed E-state index contributed by atoms with van der Waals surface area (Å²) < 4.78 is 0. The second kappa shape index (κ2) is 3.43. The minimum atomic E-state index is 0.0408. The van der Waals surface area contributed by atoms with Gasteiger partial charge in [-0.25, -0.2) is 0 Å². The average Bonchev–Trinajstić information content (AvgIpc) is 2.34. The maximum Gasteiger partial charge on any atom is 0.239 e. The summed E-state index contributed by atoms with van der Waals surface area (Å²) in [6.07, 6.45) is 1.65. The Hall–Kier alpha value is -0.970. The molecule has 0 radical (unpaired) electrons. The molecule has 4 nitrogen and oxygen atoms in total. The van der Waals surface area contributed by atoms with Crippen LogP contribution in [0.4, 0.5) is 0 Å². The molecular weight excluding hydrogens is 162 g/mol. The molecule has 1 aliphatic heterocycles. The Labute approximate surface area is 69.1 Å². The standard InChI is InChI=1S/C6H9N3OS/c1-2-3-9-5(10)4-11-6(9)8-7/h2H,1,3-4,7H2. The first-order valence-electron chi connectivity index (χ1n) is 3.11. The van der Waals surface area contributed by atoms with Gasteiger partial charge in [0.25, 0.3) is 0 Å². The number of nitrogens with two attached hydrogens (primary N) is 1. The summed E-state index contributed by atoms with van der Waals surface area (Å²) in [7, 11) is 0. The van der Waals surface area contributed by atoms with Gasteiger partial charge >= 0.3 is 0 Å². The van der Waals surface area contributed by atoms with Crippen LogP contribution in [-0.4, -0.2) is 28.3 Å². The number of hydrogen-bond donors (Lipinski definition) is 1. The van der Waals surface area contributed by atoms with Crippen LogP contribution in [0.3, 0.4) is 0 Å². The molecule has 0 atom stereocenters. The molecule has 0 aromatic heterocycles. The van der Waals surface area contributed by atoms with Crippen molar-refractivity contribution in [1.29, 1.82) is 0 Å². The van der Waals surface area contributed by atoms with Crippen LogP contribution in [0.1, 0.15) is 0 Å². The number of amidine groups is 1. The van der Waals surface area contributed by atoms with Gasteiger partial charge in [-0.3, -0.25) is 9.69 Å². The molecular formula is C6H9N3OS. The van der Waals surface area contributed by atoms with Crippen LogP contribution in [0.5, 0.6) is 0 Å². The minimum absolute atomic E-state index is 0.0408. The Morgan fingerprint density at radius 3 is 3.18 bits per heavy atom. The second-order valence-electron chi connectivity index (χ2n) is 1.99. The largest absolute Gasteiger partial charge is 0.321 e. The van der Waals surface area contributed by atoms with Crippen molar-refractivity contribution in [3.05, 3.63) is 12.7 Å². The van der Waals surface area contributed by atoms with E-state index in [9.17, 15) is 4.79 Å².